The Balaban J connectivity index is 1.37. The van der Waals surface area contributed by atoms with Crippen LogP contribution in [0.4, 0.5) is 23.8 Å². The van der Waals surface area contributed by atoms with E-state index in [2.05, 4.69) is 10.3 Å². The molecular formula is C19H24F3N5O2. The average Bonchev–Trinajstić information content (AvgIpc) is 3.56. The van der Waals surface area contributed by atoms with E-state index >= 15 is 0 Å². The van der Waals surface area contributed by atoms with E-state index < -0.39 is 30.8 Å². The largest absolute Gasteiger partial charge is 0.410 e. The van der Waals surface area contributed by atoms with Crippen molar-refractivity contribution in [1.82, 2.24) is 15.2 Å². The van der Waals surface area contributed by atoms with Crippen molar-refractivity contribution >= 4 is 17.8 Å². The van der Waals surface area contributed by atoms with Crippen molar-refractivity contribution in [1.29, 1.82) is 0 Å². The van der Waals surface area contributed by atoms with E-state index in [0.29, 0.717) is 17.4 Å². The molecule has 3 fully saturated rings. The van der Waals surface area contributed by atoms with Crippen LogP contribution in [0.15, 0.2) is 18.3 Å². The Morgan fingerprint density at radius 2 is 1.97 bits per heavy atom. The maximum Gasteiger partial charge on any atom is 0.410 e. The topological polar surface area (TPSA) is 100 Å². The Bertz CT molecular complexity index is 782. The molecule has 1 aromatic rings. The standard InChI is InChI=1S/C19H24F3N5O2/c20-19(21,22)13-9-27(18(29)25-13)8-10-5-6-24-14(7-10)26-17(28)16(23)15(11-1-2-11)12-3-4-12/h5-7,11-13,15-16H,1-4,8-9,23H2,(H,25,29)(H,24,26,28)/t13-,16-/m0/s1. The minimum absolute atomic E-state index is 0.0113. The van der Waals surface area contributed by atoms with Gasteiger partial charge in [-0.3, -0.25) is 4.79 Å². The average molecular weight is 411 g/mol. The number of anilines is 1. The van der Waals surface area contributed by atoms with E-state index in [1.807, 2.05) is 5.32 Å². The maximum absolute atomic E-state index is 12.8. The van der Waals surface area contributed by atoms with Crippen LogP contribution in [0, 0.1) is 17.8 Å². The zero-order chi connectivity index (χ0) is 20.8. The number of alkyl halides is 3. The number of amides is 3. The van der Waals surface area contributed by atoms with Crippen LogP contribution in [0.1, 0.15) is 31.2 Å². The highest BCUT2D eigenvalue weighted by Crippen LogP contribution is 2.50. The molecule has 7 nitrogen and oxygen atoms in total. The van der Waals surface area contributed by atoms with Crippen LogP contribution < -0.4 is 16.4 Å². The number of urea groups is 1. The van der Waals surface area contributed by atoms with Gasteiger partial charge in [0.1, 0.15) is 11.9 Å². The summed E-state index contributed by atoms with van der Waals surface area (Å²) in [7, 11) is 0. The Labute approximate surface area is 166 Å². The van der Waals surface area contributed by atoms with Crippen molar-refractivity contribution < 1.29 is 22.8 Å². The summed E-state index contributed by atoms with van der Waals surface area (Å²) < 4.78 is 38.4. The third-order valence-electron chi connectivity index (χ3n) is 5.88. The molecule has 2 saturated carbocycles. The van der Waals surface area contributed by atoms with Gasteiger partial charge in [0.25, 0.3) is 0 Å². The second-order valence-electron chi connectivity index (χ2n) is 8.24. The first-order valence-electron chi connectivity index (χ1n) is 9.86. The fourth-order valence-corrected chi connectivity index (χ4v) is 4.09. The van der Waals surface area contributed by atoms with Crippen molar-refractivity contribution in [3.63, 3.8) is 0 Å². The van der Waals surface area contributed by atoms with Crippen LogP contribution in [0.2, 0.25) is 0 Å². The van der Waals surface area contributed by atoms with Gasteiger partial charge in [0.2, 0.25) is 5.91 Å². The van der Waals surface area contributed by atoms with Gasteiger partial charge in [-0.2, -0.15) is 13.2 Å². The number of carbonyl (C=O) groups excluding carboxylic acids is 2. The number of hydrogen-bond donors (Lipinski definition) is 3. The van der Waals surface area contributed by atoms with Gasteiger partial charge >= 0.3 is 12.2 Å². The molecule has 3 aliphatic rings. The summed E-state index contributed by atoms with van der Waals surface area (Å²) in [5.41, 5.74) is 6.80. The number of pyridine rings is 1. The lowest BCUT2D eigenvalue weighted by Gasteiger charge is -2.22. The Kier molecular flexibility index (Phi) is 5.14. The van der Waals surface area contributed by atoms with Crippen molar-refractivity contribution in [3.05, 3.63) is 23.9 Å². The number of aromatic nitrogens is 1. The first-order valence-corrected chi connectivity index (χ1v) is 9.86. The van der Waals surface area contributed by atoms with Crippen LogP contribution in [-0.4, -0.2) is 46.6 Å². The summed E-state index contributed by atoms with van der Waals surface area (Å²) in [6, 6.07) is -0.0927. The van der Waals surface area contributed by atoms with Gasteiger partial charge in [0, 0.05) is 12.7 Å². The van der Waals surface area contributed by atoms with Crippen molar-refractivity contribution in [3.8, 4) is 0 Å². The lowest BCUT2D eigenvalue weighted by atomic mass is 9.89. The second kappa shape index (κ2) is 7.47. The SMILES string of the molecule is N[C@H](C(=O)Nc1cc(CN2C[C@@H](C(F)(F)F)NC2=O)ccn1)C(C1CC1)C1CC1. The molecule has 1 aliphatic heterocycles. The first-order chi connectivity index (χ1) is 13.7. The van der Waals surface area contributed by atoms with Crippen LogP contribution >= 0.6 is 0 Å². The van der Waals surface area contributed by atoms with E-state index in [-0.39, 0.29) is 24.2 Å². The maximum atomic E-state index is 12.8. The molecular weight excluding hydrogens is 387 g/mol. The monoisotopic (exact) mass is 411 g/mol. The molecule has 3 amide bonds. The molecule has 4 N–H and O–H groups in total. The number of nitrogens with two attached hydrogens (primary N) is 1. The van der Waals surface area contributed by atoms with E-state index in [0.717, 1.165) is 30.6 Å². The normalized spacial score (nSPS) is 23.3. The molecule has 0 radical (unpaired) electrons. The quantitative estimate of drug-likeness (QED) is 0.641. The van der Waals surface area contributed by atoms with Crippen LogP contribution in [0.25, 0.3) is 0 Å². The molecule has 10 heteroatoms. The highest BCUT2D eigenvalue weighted by Gasteiger charge is 2.47. The minimum Gasteiger partial charge on any atom is -0.324 e. The third kappa shape index (κ3) is 4.63. The molecule has 29 heavy (non-hydrogen) atoms. The van der Waals surface area contributed by atoms with Gasteiger partial charge in [0.05, 0.1) is 12.6 Å². The van der Waals surface area contributed by atoms with Crippen LogP contribution in [-0.2, 0) is 11.3 Å². The zero-order valence-corrected chi connectivity index (χ0v) is 15.8. The van der Waals surface area contributed by atoms with Crippen molar-refractivity contribution in [2.24, 2.45) is 23.5 Å². The zero-order valence-electron chi connectivity index (χ0n) is 15.8. The lowest BCUT2D eigenvalue weighted by molar-refractivity contribution is -0.149. The lowest BCUT2D eigenvalue weighted by Crippen LogP contribution is -2.44. The Morgan fingerprint density at radius 1 is 1.31 bits per heavy atom. The summed E-state index contributed by atoms with van der Waals surface area (Å²) in [5.74, 6) is 1.23. The third-order valence-corrected chi connectivity index (χ3v) is 5.88. The van der Waals surface area contributed by atoms with Gasteiger partial charge in [-0.15, -0.1) is 0 Å². The number of halogens is 3. The summed E-state index contributed by atoms with van der Waals surface area (Å²) in [6.07, 6.45) is 1.43. The van der Waals surface area contributed by atoms with E-state index in [4.69, 9.17) is 5.73 Å². The van der Waals surface area contributed by atoms with Crippen LogP contribution in [0.5, 0.6) is 0 Å². The smallest absolute Gasteiger partial charge is 0.324 e. The number of nitrogens with one attached hydrogen (secondary N) is 2. The summed E-state index contributed by atoms with van der Waals surface area (Å²) in [6.45, 7) is -0.468. The number of rotatable bonds is 7. The van der Waals surface area contributed by atoms with Gasteiger partial charge < -0.3 is 21.3 Å². The fourth-order valence-electron chi connectivity index (χ4n) is 4.09. The highest BCUT2D eigenvalue weighted by atomic mass is 19.4. The fraction of sp³-hybridized carbons (Fsp3) is 0.632. The summed E-state index contributed by atoms with van der Waals surface area (Å²) in [4.78, 5) is 29.6. The number of carbonyl (C=O) groups is 2. The van der Waals surface area contributed by atoms with Gasteiger partial charge in [-0.05, 0) is 61.1 Å². The molecule has 0 spiro atoms. The first kappa shape index (κ1) is 19.9. The van der Waals surface area contributed by atoms with Crippen LogP contribution in [0.3, 0.4) is 0 Å². The van der Waals surface area contributed by atoms with Gasteiger partial charge in [-0.25, -0.2) is 9.78 Å². The Morgan fingerprint density at radius 3 is 2.52 bits per heavy atom. The molecule has 0 unspecified atom stereocenters. The van der Waals surface area contributed by atoms with E-state index in [1.54, 1.807) is 12.1 Å². The molecule has 1 saturated heterocycles. The van der Waals surface area contributed by atoms with Gasteiger partial charge in [-0.1, -0.05) is 0 Å². The Hall–Kier alpha value is -2.36. The van der Waals surface area contributed by atoms with E-state index in [9.17, 15) is 22.8 Å². The predicted octanol–water partition coefficient (Wildman–Crippen LogP) is 2.24. The predicted molar refractivity (Wildman–Crippen MR) is 98.6 cm³/mol. The summed E-state index contributed by atoms with van der Waals surface area (Å²) >= 11 is 0. The minimum atomic E-state index is -4.49. The molecule has 4 rings (SSSR count). The van der Waals surface area contributed by atoms with Crippen molar-refractivity contribution in [2.45, 2.75) is 50.5 Å². The molecule has 2 aliphatic carbocycles. The van der Waals surface area contributed by atoms with Crippen molar-refractivity contribution in [2.75, 3.05) is 11.9 Å². The highest BCUT2D eigenvalue weighted by molar-refractivity contribution is 5.94. The molecule has 0 bridgehead atoms. The molecule has 2 atom stereocenters. The summed E-state index contributed by atoms with van der Waals surface area (Å²) in [5, 5.41) is 4.65. The molecule has 0 aromatic carbocycles. The number of nitrogens with zero attached hydrogens (tertiary/aromatic N) is 2. The van der Waals surface area contributed by atoms with Gasteiger partial charge in [0.15, 0.2) is 0 Å². The molecule has 1 aromatic heterocycles. The molecule has 158 valence electrons. The number of hydrogen-bond acceptors (Lipinski definition) is 4. The van der Waals surface area contributed by atoms with E-state index in [1.165, 1.54) is 6.20 Å². The second-order valence-corrected chi connectivity index (χ2v) is 8.24. The molecule has 2 heterocycles.